The van der Waals surface area contributed by atoms with E-state index in [0.29, 0.717) is 11.6 Å². The first kappa shape index (κ1) is 16.0. The molecule has 1 N–H and O–H groups in total. The molecule has 0 fully saturated rings. The fraction of sp³-hybridized carbons (Fsp3) is 0.333. The van der Waals surface area contributed by atoms with E-state index in [1.54, 1.807) is 14.2 Å². The summed E-state index contributed by atoms with van der Waals surface area (Å²) in [4.78, 5) is 0. The Morgan fingerprint density at radius 3 is 2.65 bits per heavy atom. The maximum Gasteiger partial charge on any atom is 0.161 e. The molecule has 1 aliphatic rings. The van der Waals surface area contributed by atoms with E-state index in [-0.39, 0.29) is 6.04 Å². The number of hydrogen-bond acceptors (Lipinski definition) is 4. The minimum absolute atomic E-state index is 0.109. The van der Waals surface area contributed by atoms with Gasteiger partial charge in [-0.25, -0.2) is 0 Å². The van der Waals surface area contributed by atoms with Crippen molar-refractivity contribution in [1.29, 1.82) is 0 Å². The standard InChI is InChI=1S/C18H20ClNO3/c1-21-17-8-12-6-7-20-16(15(12)10-18(17)22-2)11-23-14-5-3-4-13(19)9-14/h3-5,8-10,16,20H,6-7,11H2,1-2H3. The van der Waals surface area contributed by atoms with Crippen LogP contribution in [-0.4, -0.2) is 27.4 Å². The first-order valence-electron chi connectivity index (χ1n) is 7.58. The Bertz CT molecular complexity index is 690. The van der Waals surface area contributed by atoms with E-state index in [1.165, 1.54) is 11.1 Å². The van der Waals surface area contributed by atoms with Crippen LogP contribution in [-0.2, 0) is 6.42 Å². The van der Waals surface area contributed by atoms with Crippen LogP contribution in [0.25, 0.3) is 0 Å². The Morgan fingerprint density at radius 2 is 1.91 bits per heavy atom. The van der Waals surface area contributed by atoms with Gasteiger partial charge in [-0.05, 0) is 54.4 Å². The molecule has 0 aromatic heterocycles. The van der Waals surface area contributed by atoms with Crippen molar-refractivity contribution in [1.82, 2.24) is 5.32 Å². The lowest BCUT2D eigenvalue weighted by Gasteiger charge is -2.28. The fourth-order valence-electron chi connectivity index (χ4n) is 2.85. The van der Waals surface area contributed by atoms with Crippen LogP contribution in [0.1, 0.15) is 17.2 Å². The molecule has 0 saturated heterocycles. The normalized spacial score (nSPS) is 16.6. The van der Waals surface area contributed by atoms with Gasteiger partial charge in [-0.15, -0.1) is 0 Å². The third kappa shape index (κ3) is 3.54. The van der Waals surface area contributed by atoms with Crippen LogP contribution in [0.15, 0.2) is 36.4 Å². The lowest BCUT2D eigenvalue weighted by molar-refractivity contribution is 0.260. The molecular formula is C18H20ClNO3. The van der Waals surface area contributed by atoms with Crippen LogP contribution in [0.2, 0.25) is 5.02 Å². The molecule has 3 rings (SSSR count). The van der Waals surface area contributed by atoms with Crippen molar-refractivity contribution in [3.63, 3.8) is 0 Å². The van der Waals surface area contributed by atoms with Crippen LogP contribution in [0.4, 0.5) is 0 Å². The van der Waals surface area contributed by atoms with E-state index in [2.05, 4.69) is 11.4 Å². The number of fused-ring (bicyclic) bond motifs is 1. The molecule has 23 heavy (non-hydrogen) atoms. The number of methoxy groups -OCH3 is 2. The van der Waals surface area contributed by atoms with E-state index < -0.39 is 0 Å². The Morgan fingerprint density at radius 1 is 1.13 bits per heavy atom. The molecule has 0 bridgehead atoms. The minimum atomic E-state index is 0.109. The molecule has 2 aromatic carbocycles. The van der Waals surface area contributed by atoms with Gasteiger partial charge < -0.3 is 19.5 Å². The zero-order chi connectivity index (χ0) is 16.2. The minimum Gasteiger partial charge on any atom is -0.493 e. The molecule has 0 aliphatic carbocycles. The van der Waals surface area contributed by atoms with Gasteiger partial charge in [0.2, 0.25) is 0 Å². The van der Waals surface area contributed by atoms with Gasteiger partial charge in [-0.1, -0.05) is 17.7 Å². The van der Waals surface area contributed by atoms with Crippen molar-refractivity contribution >= 4 is 11.6 Å². The van der Waals surface area contributed by atoms with Crippen molar-refractivity contribution in [2.24, 2.45) is 0 Å². The number of hydrogen-bond donors (Lipinski definition) is 1. The Balaban J connectivity index is 1.80. The third-order valence-electron chi connectivity index (χ3n) is 4.02. The molecule has 1 aliphatic heterocycles. The monoisotopic (exact) mass is 333 g/mol. The first-order chi connectivity index (χ1) is 11.2. The summed E-state index contributed by atoms with van der Waals surface area (Å²) in [5.74, 6) is 2.28. The quantitative estimate of drug-likeness (QED) is 0.907. The van der Waals surface area contributed by atoms with Gasteiger partial charge in [-0.2, -0.15) is 0 Å². The van der Waals surface area contributed by atoms with Crippen LogP contribution in [0.5, 0.6) is 17.2 Å². The highest BCUT2D eigenvalue weighted by Gasteiger charge is 2.23. The summed E-state index contributed by atoms with van der Waals surface area (Å²) in [5, 5.41) is 4.17. The molecule has 0 amide bonds. The molecular weight excluding hydrogens is 314 g/mol. The van der Waals surface area contributed by atoms with Crippen molar-refractivity contribution < 1.29 is 14.2 Å². The van der Waals surface area contributed by atoms with Gasteiger partial charge in [0.1, 0.15) is 12.4 Å². The van der Waals surface area contributed by atoms with E-state index in [1.807, 2.05) is 30.3 Å². The Kier molecular flexibility index (Phi) is 4.94. The van der Waals surface area contributed by atoms with Gasteiger partial charge in [-0.3, -0.25) is 0 Å². The van der Waals surface area contributed by atoms with Crippen molar-refractivity contribution in [3.8, 4) is 17.2 Å². The highest BCUT2D eigenvalue weighted by Crippen LogP contribution is 2.35. The highest BCUT2D eigenvalue weighted by molar-refractivity contribution is 6.30. The highest BCUT2D eigenvalue weighted by atomic mass is 35.5. The summed E-state index contributed by atoms with van der Waals surface area (Å²) in [6.07, 6.45) is 0.962. The van der Waals surface area contributed by atoms with Gasteiger partial charge in [0, 0.05) is 5.02 Å². The van der Waals surface area contributed by atoms with E-state index in [4.69, 9.17) is 25.8 Å². The summed E-state index contributed by atoms with van der Waals surface area (Å²) in [6, 6.07) is 11.6. The third-order valence-corrected chi connectivity index (χ3v) is 4.25. The topological polar surface area (TPSA) is 39.7 Å². The second-order valence-electron chi connectivity index (χ2n) is 5.43. The number of rotatable bonds is 5. The lowest BCUT2D eigenvalue weighted by Crippen LogP contribution is -2.33. The SMILES string of the molecule is COc1cc2c(cc1OC)C(COc1cccc(Cl)c1)NCC2. The number of nitrogens with one attached hydrogen (secondary N) is 1. The molecule has 0 radical (unpaired) electrons. The summed E-state index contributed by atoms with van der Waals surface area (Å²) in [5.41, 5.74) is 2.46. The van der Waals surface area contributed by atoms with E-state index >= 15 is 0 Å². The molecule has 0 spiro atoms. The largest absolute Gasteiger partial charge is 0.493 e. The number of halogens is 1. The summed E-state index contributed by atoms with van der Waals surface area (Å²) in [6.45, 7) is 1.44. The molecule has 0 saturated carbocycles. The summed E-state index contributed by atoms with van der Waals surface area (Å²) >= 11 is 5.99. The van der Waals surface area contributed by atoms with Gasteiger partial charge in [0.25, 0.3) is 0 Å². The molecule has 1 heterocycles. The first-order valence-corrected chi connectivity index (χ1v) is 7.95. The average molecular weight is 334 g/mol. The zero-order valence-corrected chi connectivity index (χ0v) is 14.0. The Labute approximate surface area is 141 Å². The fourth-order valence-corrected chi connectivity index (χ4v) is 3.03. The van der Waals surface area contributed by atoms with Crippen molar-refractivity contribution in [2.75, 3.05) is 27.4 Å². The van der Waals surface area contributed by atoms with E-state index in [0.717, 1.165) is 30.2 Å². The summed E-state index contributed by atoms with van der Waals surface area (Å²) < 4.78 is 16.7. The zero-order valence-electron chi connectivity index (χ0n) is 13.3. The van der Waals surface area contributed by atoms with Crippen LogP contribution < -0.4 is 19.5 Å². The van der Waals surface area contributed by atoms with Crippen LogP contribution >= 0.6 is 11.6 Å². The number of ether oxygens (including phenoxy) is 3. The van der Waals surface area contributed by atoms with Gasteiger partial charge in [0.05, 0.1) is 20.3 Å². The Hall–Kier alpha value is -1.91. The predicted molar refractivity (Wildman–Crippen MR) is 90.9 cm³/mol. The second-order valence-corrected chi connectivity index (χ2v) is 5.87. The molecule has 1 atom stereocenters. The molecule has 4 nitrogen and oxygen atoms in total. The maximum atomic E-state index is 5.99. The molecule has 1 unspecified atom stereocenters. The van der Waals surface area contributed by atoms with Gasteiger partial charge in [0.15, 0.2) is 11.5 Å². The van der Waals surface area contributed by atoms with E-state index in [9.17, 15) is 0 Å². The second kappa shape index (κ2) is 7.11. The molecule has 2 aromatic rings. The predicted octanol–water partition coefficient (Wildman–Crippen LogP) is 3.62. The summed E-state index contributed by atoms with van der Waals surface area (Å²) in [7, 11) is 3.31. The lowest BCUT2D eigenvalue weighted by atomic mass is 9.94. The van der Waals surface area contributed by atoms with Gasteiger partial charge >= 0.3 is 0 Å². The number of benzene rings is 2. The molecule has 5 heteroatoms. The smallest absolute Gasteiger partial charge is 0.161 e. The molecule has 122 valence electrons. The maximum absolute atomic E-state index is 5.99. The van der Waals surface area contributed by atoms with Crippen molar-refractivity contribution in [2.45, 2.75) is 12.5 Å². The van der Waals surface area contributed by atoms with Crippen LogP contribution in [0, 0.1) is 0 Å². The van der Waals surface area contributed by atoms with Crippen LogP contribution in [0.3, 0.4) is 0 Å². The average Bonchev–Trinajstić information content (AvgIpc) is 2.58. The van der Waals surface area contributed by atoms with Crippen molar-refractivity contribution in [3.05, 3.63) is 52.5 Å².